The van der Waals surface area contributed by atoms with E-state index in [1.807, 2.05) is 4.90 Å². The summed E-state index contributed by atoms with van der Waals surface area (Å²) in [6.07, 6.45) is -3.68. The Morgan fingerprint density at radius 2 is 2.00 bits per heavy atom. The summed E-state index contributed by atoms with van der Waals surface area (Å²) in [6.45, 7) is 7.34. The summed E-state index contributed by atoms with van der Waals surface area (Å²) in [5.74, 6) is -0.937. The molecule has 0 amide bonds. The van der Waals surface area contributed by atoms with E-state index >= 15 is 0 Å². The van der Waals surface area contributed by atoms with E-state index in [0.29, 0.717) is 19.1 Å². The summed E-state index contributed by atoms with van der Waals surface area (Å²) in [5, 5.41) is -0.182. The lowest BCUT2D eigenvalue weighted by Crippen LogP contribution is -2.37. The monoisotopic (exact) mass is 322 g/mol. The summed E-state index contributed by atoms with van der Waals surface area (Å²) in [7, 11) is 0. The standard InChI is InChI=1S/C13H18ClF3N4/c1-3-20(4-2)9-5-6-21(8-9)11-7-10(14)18-12(19-11)13(15,16)17/h7,9H,3-6,8H2,1-2H3. The number of halogens is 4. The second-order valence-corrected chi connectivity index (χ2v) is 5.37. The molecule has 0 aromatic carbocycles. The van der Waals surface area contributed by atoms with E-state index in [0.717, 1.165) is 19.5 Å². The molecule has 1 aliphatic rings. The van der Waals surface area contributed by atoms with Crippen molar-refractivity contribution in [3.05, 3.63) is 17.0 Å². The molecule has 0 aliphatic carbocycles. The van der Waals surface area contributed by atoms with Crippen LogP contribution in [-0.4, -0.2) is 47.1 Å². The molecule has 4 nitrogen and oxygen atoms in total. The summed E-state index contributed by atoms with van der Waals surface area (Å²) < 4.78 is 38.2. The highest BCUT2D eigenvalue weighted by atomic mass is 35.5. The molecular formula is C13H18ClF3N4. The molecule has 21 heavy (non-hydrogen) atoms. The summed E-state index contributed by atoms with van der Waals surface area (Å²) in [6, 6.07) is 1.73. The number of rotatable bonds is 4. The first-order valence-corrected chi connectivity index (χ1v) is 7.33. The molecule has 118 valence electrons. The Balaban J connectivity index is 2.18. The smallest absolute Gasteiger partial charge is 0.355 e. The van der Waals surface area contributed by atoms with Crippen LogP contribution in [0, 0.1) is 0 Å². The largest absolute Gasteiger partial charge is 0.451 e. The molecule has 2 rings (SSSR count). The quantitative estimate of drug-likeness (QED) is 0.798. The number of aromatic nitrogens is 2. The van der Waals surface area contributed by atoms with Crippen LogP contribution in [0.1, 0.15) is 26.1 Å². The molecule has 0 saturated carbocycles. The Morgan fingerprint density at radius 3 is 2.57 bits per heavy atom. The van der Waals surface area contributed by atoms with Crippen molar-refractivity contribution in [1.29, 1.82) is 0 Å². The van der Waals surface area contributed by atoms with E-state index in [1.54, 1.807) is 0 Å². The highest BCUT2D eigenvalue weighted by molar-refractivity contribution is 6.29. The van der Waals surface area contributed by atoms with Crippen molar-refractivity contribution in [3.63, 3.8) is 0 Å². The van der Waals surface area contributed by atoms with Gasteiger partial charge < -0.3 is 4.90 Å². The normalized spacial score (nSPS) is 19.6. The number of nitrogens with zero attached hydrogens (tertiary/aromatic N) is 4. The van der Waals surface area contributed by atoms with Crippen LogP contribution in [0.15, 0.2) is 6.07 Å². The van der Waals surface area contributed by atoms with Crippen LogP contribution in [0.5, 0.6) is 0 Å². The zero-order valence-electron chi connectivity index (χ0n) is 12.0. The van der Waals surface area contributed by atoms with Gasteiger partial charge in [0.05, 0.1) is 0 Å². The third kappa shape index (κ3) is 3.77. The molecule has 1 atom stereocenters. The Hall–Kier alpha value is -1.08. The molecule has 0 bridgehead atoms. The number of alkyl halides is 3. The van der Waals surface area contributed by atoms with Gasteiger partial charge in [-0.2, -0.15) is 13.2 Å². The van der Waals surface area contributed by atoms with Crippen molar-refractivity contribution in [2.24, 2.45) is 0 Å². The zero-order chi connectivity index (χ0) is 15.6. The maximum absolute atomic E-state index is 12.7. The third-order valence-corrected chi connectivity index (χ3v) is 3.94. The average Bonchev–Trinajstić information content (AvgIpc) is 2.88. The van der Waals surface area contributed by atoms with E-state index in [2.05, 4.69) is 28.7 Å². The fraction of sp³-hybridized carbons (Fsp3) is 0.692. The van der Waals surface area contributed by atoms with Gasteiger partial charge in [0.25, 0.3) is 0 Å². The Morgan fingerprint density at radius 1 is 1.33 bits per heavy atom. The molecular weight excluding hydrogens is 305 g/mol. The first-order chi connectivity index (χ1) is 9.85. The third-order valence-electron chi connectivity index (χ3n) is 3.75. The predicted octanol–water partition coefficient (Wildman–Crippen LogP) is 3.07. The lowest BCUT2D eigenvalue weighted by atomic mass is 10.2. The van der Waals surface area contributed by atoms with Crippen molar-refractivity contribution in [2.75, 3.05) is 31.1 Å². The zero-order valence-corrected chi connectivity index (χ0v) is 12.7. The second kappa shape index (κ2) is 6.36. The number of anilines is 1. The van der Waals surface area contributed by atoms with E-state index in [-0.39, 0.29) is 11.0 Å². The molecule has 2 heterocycles. The average molecular weight is 323 g/mol. The van der Waals surface area contributed by atoms with Crippen molar-refractivity contribution >= 4 is 17.4 Å². The summed E-state index contributed by atoms with van der Waals surface area (Å²) >= 11 is 5.70. The lowest BCUT2D eigenvalue weighted by molar-refractivity contribution is -0.144. The molecule has 1 aliphatic heterocycles. The Kier molecular flexibility index (Phi) is 4.93. The minimum absolute atomic E-state index is 0.182. The number of hydrogen-bond donors (Lipinski definition) is 0. The lowest BCUT2D eigenvalue weighted by Gasteiger charge is -2.26. The van der Waals surface area contributed by atoms with E-state index in [4.69, 9.17) is 11.6 Å². The van der Waals surface area contributed by atoms with Crippen LogP contribution in [0.3, 0.4) is 0 Å². The summed E-state index contributed by atoms with van der Waals surface area (Å²) in [4.78, 5) is 11.0. The maximum atomic E-state index is 12.7. The molecule has 1 aromatic heterocycles. The van der Waals surface area contributed by atoms with Gasteiger partial charge in [-0.25, -0.2) is 9.97 Å². The van der Waals surface area contributed by atoms with Crippen LogP contribution in [0.4, 0.5) is 19.0 Å². The van der Waals surface area contributed by atoms with Crippen molar-refractivity contribution in [1.82, 2.24) is 14.9 Å². The van der Waals surface area contributed by atoms with Crippen LogP contribution < -0.4 is 4.90 Å². The number of likely N-dealkylation sites (N-methyl/N-ethyl adjacent to an activating group) is 1. The minimum atomic E-state index is -4.59. The van der Waals surface area contributed by atoms with Gasteiger partial charge in [0.2, 0.25) is 5.82 Å². The number of hydrogen-bond acceptors (Lipinski definition) is 4. The molecule has 0 radical (unpaired) electrons. The van der Waals surface area contributed by atoms with Gasteiger partial charge in [0, 0.05) is 25.2 Å². The van der Waals surface area contributed by atoms with Crippen molar-refractivity contribution in [3.8, 4) is 0 Å². The van der Waals surface area contributed by atoms with Crippen LogP contribution in [0.25, 0.3) is 0 Å². The van der Waals surface area contributed by atoms with Crippen molar-refractivity contribution in [2.45, 2.75) is 32.5 Å². The second-order valence-electron chi connectivity index (χ2n) is 4.98. The first kappa shape index (κ1) is 16.3. The molecule has 1 unspecified atom stereocenters. The van der Waals surface area contributed by atoms with Gasteiger partial charge in [-0.3, -0.25) is 4.90 Å². The predicted molar refractivity (Wildman–Crippen MR) is 75.6 cm³/mol. The van der Waals surface area contributed by atoms with Gasteiger partial charge in [-0.1, -0.05) is 25.4 Å². The highest BCUT2D eigenvalue weighted by Gasteiger charge is 2.36. The Labute approximate surface area is 126 Å². The van der Waals surface area contributed by atoms with E-state index in [1.165, 1.54) is 6.07 Å². The highest BCUT2D eigenvalue weighted by Crippen LogP contribution is 2.30. The molecule has 1 saturated heterocycles. The van der Waals surface area contributed by atoms with Gasteiger partial charge >= 0.3 is 6.18 Å². The van der Waals surface area contributed by atoms with Gasteiger partial charge in [0.1, 0.15) is 11.0 Å². The van der Waals surface area contributed by atoms with E-state index < -0.39 is 12.0 Å². The first-order valence-electron chi connectivity index (χ1n) is 6.96. The topological polar surface area (TPSA) is 32.3 Å². The summed E-state index contributed by atoms with van der Waals surface area (Å²) in [5.41, 5.74) is 0. The molecule has 1 aromatic rings. The molecule has 0 N–H and O–H groups in total. The molecule has 0 spiro atoms. The van der Waals surface area contributed by atoms with Crippen LogP contribution >= 0.6 is 11.6 Å². The Bertz CT molecular complexity index is 491. The SMILES string of the molecule is CCN(CC)C1CCN(c2cc(Cl)nc(C(F)(F)F)n2)C1. The van der Waals surface area contributed by atoms with Gasteiger partial charge in [0.15, 0.2) is 0 Å². The molecule has 8 heteroatoms. The van der Waals surface area contributed by atoms with Crippen molar-refractivity contribution < 1.29 is 13.2 Å². The maximum Gasteiger partial charge on any atom is 0.451 e. The molecule has 1 fully saturated rings. The van der Waals surface area contributed by atoms with Crippen LogP contribution in [-0.2, 0) is 6.18 Å². The van der Waals surface area contributed by atoms with Gasteiger partial charge in [-0.05, 0) is 19.5 Å². The van der Waals surface area contributed by atoms with Crippen LogP contribution in [0.2, 0.25) is 5.15 Å². The van der Waals surface area contributed by atoms with Gasteiger partial charge in [-0.15, -0.1) is 0 Å². The van der Waals surface area contributed by atoms with E-state index in [9.17, 15) is 13.2 Å². The minimum Gasteiger partial charge on any atom is -0.355 e. The fourth-order valence-electron chi connectivity index (χ4n) is 2.68. The fourth-order valence-corrected chi connectivity index (χ4v) is 2.86.